The summed E-state index contributed by atoms with van der Waals surface area (Å²) in [4.78, 5) is 37.5. The van der Waals surface area contributed by atoms with Crippen LogP contribution in [0.1, 0.15) is 206 Å². The molecule has 0 radical (unpaired) electrons. The number of likely N-dealkylation sites (N-methyl/N-ethyl adjacent to an activating group) is 1. The van der Waals surface area contributed by atoms with E-state index in [0.717, 1.165) is 128 Å². The first-order chi connectivity index (χ1) is 36.6. The van der Waals surface area contributed by atoms with Gasteiger partial charge in [-0.3, -0.25) is 9.59 Å². The van der Waals surface area contributed by atoms with Crippen LogP contribution in [-0.2, 0) is 33.3 Å². The van der Waals surface area contributed by atoms with Crippen molar-refractivity contribution in [3.05, 3.63) is 134 Å². The van der Waals surface area contributed by atoms with Crippen LogP contribution >= 0.6 is 0 Å². The van der Waals surface area contributed by atoms with Crippen molar-refractivity contribution in [2.45, 2.75) is 219 Å². The van der Waals surface area contributed by atoms with Crippen LogP contribution < -0.4 is 0 Å². The van der Waals surface area contributed by atoms with Crippen molar-refractivity contribution in [1.82, 2.24) is 0 Å². The predicted octanol–water partition coefficient (Wildman–Crippen LogP) is 17.5. The van der Waals surface area contributed by atoms with Gasteiger partial charge in [0, 0.05) is 12.8 Å². The summed E-state index contributed by atoms with van der Waals surface area (Å²) < 4.78 is 22.9. The number of hydrogen-bond acceptors (Lipinski definition) is 7. The van der Waals surface area contributed by atoms with Crippen molar-refractivity contribution in [2.24, 2.45) is 0 Å². The van der Waals surface area contributed by atoms with Crippen molar-refractivity contribution in [2.75, 3.05) is 47.5 Å². The van der Waals surface area contributed by atoms with Crippen LogP contribution in [0.25, 0.3) is 0 Å². The molecular weight excluding hydrogens is 935 g/mol. The van der Waals surface area contributed by atoms with Gasteiger partial charge in [-0.1, -0.05) is 218 Å². The molecule has 0 bridgehead atoms. The second kappa shape index (κ2) is 55.7. The molecule has 0 saturated heterocycles. The third-order valence-electron chi connectivity index (χ3n) is 11.9. The lowest BCUT2D eigenvalue weighted by Gasteiger charge is -2.25. The molecule has 0 spiro atoms. The molecule has 0 aliphatic rings. The molecule has 1 N–H and O–H groups in total. The van der Waals surface area contributed by atoms with Crippen molar-refractivity contribution < 1.29 is 42.9 Å². The summed E-state index contributed by atoms with van der Waals surface area (Å²) in [6, 6.07) is 0. The van der Waals surface area contributed by atoms with Gasteiger partial charge in [0.15, 0.2) is 6.10 Å². The normalized spacial score (nSPS) is 13.8. The third-order valence-corrected chi connectivity index (χ3v) is 11.9. The quantitative estimate of drug-likeness (QED) is 0.0211. The molecule has 0 heterocycles. The number of unbranched alkanes of at least 4 members (excludes halogenated alkanes) is 15. The first-order valence-electron chi connectivity index (χ1n) is 29.3. The van der Waals surface area contributed by atoms with E-state index in [4.69, 9.17) is 18.9 Å². The number of carbonyl (C=O) groups excluding carboxylic acids is 2. The van der Waals surface area contributed by atoms with Gasteiger partial charge in [0.25, 0.3) is 6.29 Å². The second-order valence-electron chi connectivity index (χ2n) is 20.2. The van der Waals surface area contributed by atoms with Gasteiger partial charge < -0.3 is 28.5 Å². The molecule has 2 atom stereocenters. The molecule has 9 nitrogen and oxygen atoms in total. The highest BCUT2D eigenvalue weighted by atomic mass is 16.7. The lowest BCUT2D eigenvalue weighted by Crippen LogP contribution is -2.40. The van der Waals surface area contributed by atoms with Crippen LogP contribution in [0.3, 0.4) is 0 Å². The van der Waals surface area contributed by atoms with E-state index in [2.05, 4.69) is 148 Å². The molecule has 0 saturated carbocycles. The number of hydrogen-bond donors (Lipinski definition) is 1. The highest BCUT2D eigenvalue weighted by Gasteiger charge is 2.25. The van der Waals surface area contributed by atoms with Crippen LogP contribution in [0.4, 0.5) is 0 Å². The molecule has 0 aliphatic heterocycles. The van der Waals surface area contributed by atoms with E-state index in [0.29, 0.717) is 17.4 Å². The number of esters is 2. The van der Waals surface area contributed by atoms with E-state index < -0.39 is 24.3 Å². The van der Waals surface area contributed by atoms with E-state index in [-0.39, 0.29) is 38.6 Å². The van der Waals surface area contributed by atoms with E-state index in [1.54, 1.807) is 0 Å². The molecular formula is C66H108NO8+. The van der Waals surface area contributed by atoms with Gasteiger partial charge in [-0.05, 0) is 109 Å². The van der Waals surface area contributed by atoms with E-state index >= 15 is 0 Å². The Bertz CT molecular complexity index is 1690. The summed E-state index contributed by atoms with van der Waals surface area (Å²) in [6.07, 6.45) is 76.6. The van der Waals surface area contributed by atoms with E-state index in [9.17, 15) is 19.5 Å². The maximum atomic E-state index is 12.9. The van der Waals surface area contributed by atoms with Gasteiger partial charge in [0.2, 0.25) is 0 Å². The van der Waals surface area contributed by atoms with Crippen molar-refractivity contribution in [1.29, 1.82) is 0 Å². The number of allylic oxidation sites excluding steroid dienone is 22. The second-order valence-corrected chi connectivity index (χ2v) is 20.2. The summed E-state index contributed by atoms with van der Waals surface area (Å²) in [6.45, 7) is 4.61. The fourth-order valence-electron chi connectivity index (χ4n) is 7.45. The number of nitrogens with zero attached hydrogens (tertiary/aromatic N) is 1. The smallest absolute Gasteiger partial charge is 0.361 e. The summed E-state index contributed by atoms with van der Waals surface area (Å²) >= 11 is 0. The maximum Gasteiger partial charge on any atom is 0.361 e. The van der Waals surface area contributed by atoms with Crippen LogP contribution in [0.5, 0.6) is 0 Å². The Hall–Kier alpha value is -4.57. The Labute approximate surface area is 459 Å². The maximum absolute atomic E-state index is 12.9. The highest BCUT2D eigenvalue weighted by Crippen LogP contribution is 2.14. The van der Waals surface area contributed by atoms with Gasteiger partial charge in [0.05, 0.1) is 34.4 Å². The zero-order chi connectivity index (χ0) is 54.8. The topological polar surface area (TPSA) is 108 Å². The molecule has 0 aliphatic carbocycles. The summed E-state index contributed by atoms with van der Waals surface area (Å²) in [5.74, 6) is -2.05. The lowest BCUT2D eigenvalue weighted by molar-refractivity contribution is -0.870. The number of carboxylic acid groups (broad SMARTS) is 1. The molecule has 0 amide bonds. The number of rotatable bonds is 52. The van der Waals surface area contributed by atoms with E-state index in [1.165, 1.54) is 44.9 Å². The largest absolute Gasteiger partial charge is 0.477 e. The van der Waals surface area contributed by atoms with Gasteiger partial charge in [-0.25, -0.2) is 4.79 Å². The molecule has 424 valence electrons. The minimum atomic E-state index is -1.52. The Morgan fingerprint density at radius 2 is 0.720 bits per heavy atom. The van der Waals surface area contributed by atoms with Crippen molar-refractivity contribution >= 4 is 17.9 Å². The minimum Gasteiger partial charge on any atom is -0.477 e. The molecule has 0 aromatic carbocycles. The average Bonchev–Trinajstić information content (AvgIpc) is 3.38. The first-order valence-corrected chi connectivity index (χ1v) is 29.3. The number of carboxylic acids is 1. The molecule has 2 unspecified atom stereocenters. The summed E-state index contributed by atoms with van der Waals surface area (Å²) in [5.41, 5.74) is 0. The van der Waals surface area contributed by atoms with Crippen molar-refractivity contribution in [3.63, 3.8) is 0 Å². The summed E-state index contributed by atoms with van der Waals surface area (Å²) in [7, 11) is 5.95. The molecule has 75 heavy (non-hydrogen) atoms. The third kappa shape index (κ3) is 57.0. The van der Waals surface area contributed by atoms with E-state index in [1.807, 2.05) is 21.1 Å². The van der Waals surface area contributed by atoms with Crippen LogP contribution in [-0.4, -0.2) is 87.4 Å². The number of carbonyl (C=O) groups is 3. The Morgan fingerprint density at radius 3 is 1.07 bits per heavy atom. The van der Waals surface area contributed by atoms with Gasteiger partial charge in [0.1, 0.15) is 13.2 Å². The lowest BCUT2D eigenvalue weighted by atomic mass is 10.1. The van der Waals surface area contributed by atoms with Crippen LogP contribution in [0.2, 0.25) is 0 Å². The number of quaternary nitrogens is 1. The Balaban J connectivity index is 4.33. The first kappa shape index (κ1) is 70.4. The van der Waals surface area contributed by atoms with Crippen LogP contribution in [0.15, 0.2) is 134 Å². The fourth-order valence-corrected chi connectivity index (χ4v) is 7.45. The molecule has 0 aromatic heterocycles. The average molecular weight is 1040 g/mol. The number of ether oxygens (including phenoxy) is 4. The van der Waals surface area contributed by atoms with Gasteiger partial charge in [-0.15, -0.1) is 0 Å². The minimum absolute atomic E-state index is 0.176. The molecule has 0 rings (SSSR count). The zero-order valence-corrected chi connectivity index (χ0v) is 48.2. The highest BCUT2D eigenvalue weighted by molar-refractivity contribution is 5.71. The van der Waals surface area contributed by atoms with Crippen LogP contribution in [0, 0.1) is 0 Å². The Morgan fingerprint density at radius 1 is 0.400 bits per heavy atom. The van der Waals surface area contributed by atoms with Gasteiger partial charge in [-0.2, -0.15) is 0 Å². The van der Waals surface area contributed by atoms with Gasteiger partial charge >= 0.3 is 17.9 Å². The Kier molecular flexibility index (Phi) is 52.3. The molecule has 0 fully saturated rings. The fraction of sp³-hybridized carbons (Fsp3) is 0.621. The SMILES string of the molecule is CC/C=C\C/C=C\C/C=C\C/C=C\C/C=C\C/C=C\CCCCCCCCCCC(=O)OC(COC(=O)CCCCCCCCC/C=C\C/C=C\C/C=C\C/C=C\C/C=C\CC)COC(OCC[N+](C)(C)C)C(=O)O. The molecule has 0 aromatic rings. The standard InChI is InChI=1S/C66H107NO8/c1-6-8-10-12-14-16-18-20-22-24-26-28-30-31-32-33-35-37-39-41-43-45-47-49-51-53-55-57-64(69)75-62(61-74-66(65(70)71)72-59-58-67(3,4)5)60-73-63(68)56-54-52-50-48-46-44-42-40-38-36-34-29-27-25-23-21-19-17-15-13-11-9-7-2/h8-11,14-17,20-23,26-29,31-32,35-38,62,66H,6-7,12-13,18-19,24-25,30,33-34,39-61H2,1-5H3/p+1/b10-8-,11-9-,16-14-,17-15-,22-20-,23-21-,28-26-,29-27-,32-31-,37-35-,38-36-. The zero-order valence-electron chi connectivity index (χ0n) is 48.2. The predicted molar refractivity (Wildman–Crippen MR) is 317 cm³/mol. The molecule has 9 heteroatoms. The van der Waals surface area contributed by atoms with Crippen molar-refractivity contribution in [3.8, 4) is 0 Å². The number of aliphatic carboxylic acids is 1. The summed E-state index contributed by atoms with van der Waals surface area (Å²) in [5, 5.41) is 9.71. The monoisotopic (exact) mass is 1040 g/mol.